The molecule has 4 aliphatic rings. The molecular formula is C34H58O. The predicted molar refractivity (Wildman–Crippen MR) is 153 cm³/mol. The van der Waals surface area contributed by atoms with E-state index in [0.717, 1.165) is 54.8 Å². The molecule has 0 heterocycles. The summed E-state index contributed by atoms with van der Waals surface area (Å²) < 4.78 is 0. The number of hydrogen-bond donors (Lipinski definition) is 1. The van der Waals surface area contributed by atoms with E-state index < -0.39 is 0 Å². The van der Waals surface area contributed by atoms with Gasteiger partial charge in [-0.1, -0.05) is 70.4 Å². The summed E-state index contributed by atoms with van der Waals surface area (Å²) in [7, 11) is 0. The van der Waals surface area contributed by atoms with Gasteiger partial charge in [-0.15, -0.1) is 6.58 Å². The van der Waals surface area contributed by atoms with Crippen molar-refractivity contribution < 1.29 is 5.11 Å². The van der Waals surface area contributed by atoms with E-state index in [-0.39, 0.29) is 6.10 Å². The molecule has 1 N–H and O–H groups in total. The summed E-state index contributed by atoms with van der Waals surface area (Å²) in [6, 6.07) is 0. The van der Waals surface area contributed by atoms with Crippen LogP contribution in [0, 0.1) is 46.3 Å². The summed E-state index contributed by atoms with van der Waals surface area (Å²) in [6.45, 7) is 23.0. The quantitative estimate of drug-likeness (QED) is 0.358. The molecule has 8 unspecified atom stereocenters. The molecule has 0 radical (unpaired) electrons. The Kier molecular flexibility index (Phi) is 9.61. The highest BCUT2D eigenvalue weighted by molar-refractivity contribution is 5.25. The van der Waals surface area contributed by atoms with Crippen molar-refractivity contribution in [1.82, 2.24) is 0 Å². The Bertz CT molecular complexity index is 788. The molecule has 4 aliphatic carbocycles. The molecule has 3 saturated carbocycles. The Labute approximate surface area is 218 Å². The third-order valence-electron chi connectivity index (χ3n) is 11.8. The zero-order valence-electron chi connectivity index (χ0n) is 24.6. The van der Waals surface area contributed by atoms with Gasteiger partial charge >= 0.3 is 0 Å². The number of aliphatic hydroxyl groups excluding tert-OH is 1. The van der Waals surface area contributed by atoms with Crippen molar-refractivity contribution in [2.45, 2.75) is 132 Å². The van der Waals surface area contributed by atoms with Gasteiger partial charge in [-0.3, -0.25) is 0 Å². The first kappa shape index (κ1) is 28.7. The summed E-state index contributed by atoms with van der Waals surface area (Å²) in [5, 5.41) is 10.3. The molecular weight excluding hydrogens is 424 g/mol. The van der Waals surface area contributed by atoms with Crippen molar-refractivity contribution in [2.24, 2.45) is 46.3 Å². The first-order valence-electron chi connectivity index (χ1n) is 15.3. The van der Waals surface area contributed by atoms with Crippen LogP contribution in [0.15, 0.2) is 35.5 Å². The standard InChI is InChI=1S/C32H52O.C2H6/c1-8-10-24(19-22(4)21(3)9-2)23(5)28-13-14-29-27-12-11-25-20-26(33)15-17-31(25,6)30(27)16-18-32(28,29)7;1-2/h8,11,23-24,26-30,33H,1,9-10,12-20H2,2-7H3;1-2H3/b22-21+;/t23-,24?,26?,27?,28?,29?,30?,31?,32?;/m1./s1. The average Bonchev–Trinajstić information content (AvgIpc) is 3.21. The van der Waals surface area contributed by atoms with Crippen molar-refractivity contribution in [3.05, 3.63) is 35.5 Å². The van der Waals surface area contributed by atoms with Crippen LogP contribution in [0.2, 0.25) is 0 Å². The second-order valence-corrected chi connectivity index (χ2v) is 13.1. The molecule has 0 saturated heterocycles. The Balaban J connectivity index is 0.00000167. The fraction of sp³-hybridized carbons (Fsp3) is 0.824. The van der Waals surface area contributed by atoms with Crippen molar-refractivity contribution in [1.29, 1.82) is 0 Å². The summed E-state index contributed by atoms with van der Waals surface area (Å²) in [5.74, 6) is 4.96. The molecule has 3 fully saturated rings. The van der Waals surface area contributed by atoms with Crippen LogP contribution in [0.5, 0.6) is 0 Å². The molecule has 1 heteroatoms. The van der Waals surface area contributed by atoms with Gasteiger partial charge in [-0.25, -0.2) is 0 Å². The van der Waals surface area contributed by atoms with E-state index in [1.54, 1.807) is 16.7 Å². The zero-order valence-corrected chi connectivity index (χ0v) is 24.6. The lowest BCUT2D eigenvalue weighted by molar-refractivity contribution is -0.0606. The van der Waals surface area contributed by atoms with Crippen LogP contribution >= 0.6 is 0 Å². The molecule has 1 nitrogen and oxygen atoms in total. The van der Waals surface area contributed by atoms with Gasteiger partial charge in [0.1, 0.15) is 0 Å². The van der Waals surface area contributed by atoms with Crippen molar-refractivity contribution in [3.63, 3.8) is 0 Å². The van der Waals surface area contributed by atoms with Crippen LogP contribution in [0.3, 0.4) is 0 Å². The number of hydrogen-bond acceptors (Lipinski definition) is 1. The van der Waals surface area contributed by atoms with E-state index in [4.69, 9.17) is 0 Å². The Morgan fingerprint density at radius 3 is 2.46 bits per heavy atom. The summed E-state index contributed by atoms with van der Waals surface area (Å²) >= 11 is 0. The highest BCUT2D eigenvalue weighted by Gasteiger charge is 2.59. The van der Waals surface area contributed by atoms with Crippen molar-refractivity contribution in [3.8, 4) is 0 Å². The molecule has 0 bridgehead atoms. The van der Waals surface area contributed by atoms with E-state index in [0.29, 0.717) is 10.8 Å². The van der Waals surface area contributed by atoms with Crippen LogP contribution < -0.4 is 0 Å². The van der Waals surface area contributed by atoms with E-state index in [1.165, 1.54) is 51.4 Å². The smallest absolute Gasteiger partial charge is 0.0577 e. The predicted octanol–water partition coefficient (Wildman–Crippen LogP) is 9.92. The lowest BCUT2D eigenvalue weighted by Gasteiger charge is -2.58. The molecule has 35 heavy (non-hydrogen) atoms. The molecule has 9 atom stereocenters. The third-order valence-corrected chi connectivity index (χ3v) is 11.8. The number of fused-ring (bicyclic) bond motifs is 5. The highest BCUT2D eigenvalue weighted by atomic mass is 16.3. The summed E-state index contributed by atoms with van der Waals surface area (Å²) in [6.07, 6.45) is 18.4. The Morgan fingerprint density at radius 1 is 1.09 bits per heavy atom. The van der Waals surface area contributed by atoms with Gasteiger partial charge in [0.25, 0.3) is 0 Å². The maximum absolute atomic E-state index is 10.3. The molecule has 200 valence electrons. The van der Waals surface area contributed by atoms with Crippen LogP contribution in [-0.2, 0) is 0 Å². The fourth-order valence-corrected chi connectivity index (χ4v) is 9.44. The second kappa shape index (κ2) is 11.7. The van der Waals surface area contributed by atoms with Crippen molar-refractivity contribution in [2.75, 3.05) is 0 Å². The molecule has 0 spiro atoms. The number of aliphatic hydroxyl groups is 1. The first-order chi connectivity index (χ1) is 16.7. The normalized spacial score (nSPS) is 40.6. The van der Waals surface area contributed by atoms with Crippen LogP contribution in [0.4, 0.5) is 0 Å². The maximum atomic E-state index is 10.3. The average molecular weight is 483 g/mol. The van der Waals surface area contributed by atoms with Gasteiger partial charge in [-0.2, -0.15) is 0 Å². The molecule has 0 amide bonds. The first-order valence-corrected chi connectivity index (χ1v) is 15.3. The zero-order chi connectivity index (χ0) is 26.0. The fourth-order valence-electron chi connectivity index (χ4n) is 9.44. The van der Waals surface area contributed by atoms with Crippen LogP contribution in [0.1, 0.15) is 126 Å². The highest BCUT2D eigenvalue weighted by Crippen LogP contribution is 2.67. The SMILES string of the molecule is C=CCC(C/C(C)=C(\C)CC)[C@@H](C)C1CCC2C3CC=C4CC(O)CCC4(C)C3CCC21C.CC. The maximum Gasteiger partial charge on any atom is 0.0577 e. The monoisotopic (exact) mass is 482 g/mol. The lowest BCUT2D eigenvalue weighted by atomic mass is 9.46. The van der Waals surface area contributed by atoms with E-state index in [2.05, 4.69) is 60.3 Å². The number of allylic oxidation sites excluding steroid dienone is 4. The minimum Gasteiger partial charge on any atom is -0.393 e. The molecule has 4 rings (SSSR count). The molecule has 0 aromatic rings. The van der Waals surface area contributed by atoms with Gasteiger partial charge in [0.15, 0.2) is 0 Å². The number of rotatable bonds is 7. The Hall–Kier alpha value is -0.820. The molecule has 0 aromatic carbocycles. The second-order valence-electron chi connectivity index (χ2n) is 13.1. The largest absolute Gasteiger partial charge is 0.393 e. The van der Waals surface area contributed by atoms with E-state index in [1.807, 2.05) is 13.8 Å². The molecule has 0 aromatic heterocycles. The van der Waals surface area contributed by atoms with Crippen molar-refractivity contribution >= 4 is 0 Å². The van der Waals surface area contributed by atoms with Gasteiger partial charge in [-0.05, 0) is 131 Å². The topological polar surface area (TPSA) is 20.2 Å². The Morgan fingerprint density at radius 2 is 1.80 bits per heavy atom. The minimum atomic E-state index is -0.0953. The van der Waals surface area contributed by atoms with Gasteiger partial charge in [0.2, 0.25) is 0 Å². The summed E-state index contributed by atoms with van der Waals surface area (Å²) in [5.41, 5.74) is 5.68. The summed E-state index contributed by atoms with van der Waals surface area (Å²) in [4.78, 5) is 0. The van der Waals surface area contributed by atoms with Gasteiger partial charge in [0, 0.05) is 0 Å². The van der Waals surface area contributed by atoms with E-state index in [9.17, 15) is 5.11 Å². The van der Waals surface area contributed by atoms with Crippen LogP contribution in [-0.4, -0.2) is 11.2 Å². The van der Waals surface area contributed by atoms with Crippen LogP contribution in [0.25, 0.3) is 0 Å². The van der Waals surface area contributed by atoms with Gasteiger partial charge < -0.3 is 5.11 Å². The minimum absolute atomic E-state index is 0.0953. The van der Waals surface area contributed by atoms with E-state index >= 15 is 0 Å². The van der Waals surface area contributed by atoms with Gasteiger partial charge in [0.05, 0.1) is 6.10 Å². The molecule has 0 aliphatic heterocycles. The third kappa shape index (κ3) is 5.28. The lowest BCUT2D eigenvalue weighted by Crippen LogP contribution is -2.51.